The average molecular weight is 208 g/mol. The van der Waals surface area contributed by atoms with Crippen molar-refractivity contribution in [1.82, 2.24) is 0 Å². The molecule has 1 aromatic carbocycles. The number of para-hydroxylation sites is 1. The number of phenolic OH excluding ortho intramolecular Hbond substituents is 1. The molecule has 0 saturated carbocycles. The van der Waals surface area contributed by atoms with Gasteiger partial charge < -0.3 is 16.6 Å². The number of hydrogen-bond acceptors (Lipinski definition) is 3. The van der Waals surface area contributed by atoms with E-state index in [2.05, 4.69) is 6.92 Å². The summed E-state index contributed by atoms with van der Waals surface area (Å²) in [7, 11) is 0. The molecule has 0 fully saturated rings. The van der Waals surface area contributed by atoms with Crippen molar-refractivity contribution in [2.75, 3.05) is 13.1 Å². The molecule has 5 N–H and O–H groups in total. The summed E-state index contributed by atoms with van der Waals surface area (Å²) in [6, 6.07) is 7.43. The Morgan fingerprint density at radius 3 is 2.33 bits per heavy atom. The van der Waals surface area contributed by atoms with Crippen LogP contribution >= 0.6 is 0 Å². The maximum Gasteiger partial charge on any atom is 0.119 e. The lowest BCUT2D eigenvalue weighted by Gasteiger charge is -2.19. The summed E-state index contributed by atoms with van der Waals surface area (Å²) >= 11 is 0. The van der Waals surface area contributed by atoms with E-state index in [9.17, 15) is 5.11 Å². The van der Waals surface area contributed by atoms with E-state index in [0.717, 1.165) is 12.0 Å². The quantitative estimate of drug-likeness (QED) is 0.685. The molecule has 0 radical (unpaired) electrons. The van der Waals surface area contributed by atoms with Gasteiger partial charge in [-0.2, -0.15) is 0 Å². The SMILES string of the molecule is CC(CC(CN)CN)c1ccccc1O. The minimum Gasteiger partial charge on any atom is -0.508 e. The van der Waals surface area contributed by atoms with Gasteiger partial charge in [0.1, 0.15) is 5.75 Å². The lowest BCUT2D eigenvalue weighted by Crippen LogP contribution is -2.24. The molecule has 0 spiro atoms. The predicted molar refractivity (Wildman–Crippen MR) is 62.7 cm³/mol. The molecule has 1 rings (SSSR count). The minimum atomic E-state index is 0.295. The topological polar surface area (TPSA) is 72.3 Å². The van der Waals surface area contributed by atoms with E-state index in [1.807, 2.05) is 18.2 Å². The highest BCUT2D eigenvalue weighted by molar-refractivity contribution is 5.34. The highest BCUT2D eigenvalue weighted by Crippen LogP contribution is 2.29. The zero-order valence-electron chi connectivity index (χ0n) is 9.19. The fraction of sp³-hybridized carbons (Fsp3) is 0.500. The third-order valence-electron chi connectivity index (χ3n) is 2.82. The van der Waals surface area contributed by atoms with E-state index in [1.54, 1.807) is 6.07 Å². The number of benzene rings is 1. The molecule has 0 saturated heterocycles. The normalized spacial score (nSPS) is 13.1. The largest absolute Gasteiger partial charge is 0.508 e. The Kier molecular flexibility index (Phi) is 4.59. The second-order valence-corrected chi connectivity index (χ2v) is 4.03. The molecule has 0 amide bonds. The molecule has 3 heteroatoms. The maximum atomic E-state index is 9.68. The molecule has 0 bridgehead atoms. The van der Waals surface area contributed by atoms with Gasteiger partial charge in [-0.15, -0.1) is 0 Å². The molecule has 0 aliphatic heterocycles. The fourth-order valence-corrected chi connectivity index (χ4v) is 1.82. The molecule has 0 heterocycles. The van der Waals surface area contributed by atoms with Crippen LogP contribution in [0.4, 0.5) is 0 Å². The van der Waals surface area contributed by atoms with Crippen LogP contribution in [-0.2, 0) is 0 Å². The highest BCUT2D eigenvalue weighted by Gasteiger charge is 2.14. The smallest absolute Gasteiger partial charge is 0.119 e. The first-order valence-electron chi connectivity index (χ1n) is 5.37. The van der Waals surface area contributed by atoms with Gasteiger partial charge in [0.05, 0.1) is 0 Å². The van der Waals surface area contributed by atoms with Crippen molar-refractivity contribution in [2.45, 2.75) is 19.3 Å². The van der Waals surface area contributed by atoms with Gasteiger partial charge in [-0.1, -0.05) is 25.1 Å². The average Bonchev–Trinajstić information content (AvgIpc) is 2.26. The van der Waals surface area contributed by atoms with Crippen molar-refractivity contribution in [3.63, 3.8) is 0 Å². The summed E-state index contributed by atoms with van der Waals surface area (Å²) in [5.74, 6) is 0.987. The second kappa shape index (κ2) is 5.73. The van der Waals surface area contributed by atoms with Crippen molar-refractivity contribution in [3.8, 4) is 5.75 Å². The van der Waals surface area contributed by atoms with Crippen molar-refractivity contribution in [2.24, 2.45) is 17.4 Å². The van der Waals surface area contributed by atoms with Crippen LogP contribution in [-0.4, -0.2) is 18.2 Å². The van der Waals surface area contributed by atoms with Gasteiger partial charge in [0, 0.05) is 0 Å². The maximum absolute atomic E-state index is 9.68. The first-order chi connectivity index (χ1) is 7.19. The van der Waals surface area contributed by atoms with Crippen molar-refractivity contribution >= 4 is 0 Å². The van der Waals surface area contributed by atoms with Crippen LogP contribution in [0.25, 0.3) is 0 Å². The van der Waals surface area contributed by atoms with Gasteiger partial charge in [-0.05, 0) is 43.0 Å². The van der Waals surface area contributed by atoms with E-state index in [1.165, 1.54) is 0 Å². The summed E-state index contributed by atoms with van der Waals surface area (Å²) in [5, 5.41) is 9.68. The Bertz CT molecular complexity index is 297. The van der Waals surface area contributed by atoms with Gasteiger partial charge in [0.25, 0.3) is 0 Å². The summed E-state index contributed by atoms with van der Waals surface area (Å²) in [6.07, 6.45) is 0.921. The fourth-order valence-electron chi connectivity index (χ4n) is 1.82. The van der Waals surface area contributed by atoms with Crippen LogP contribution in [0.15, 0.2) is 24.3 Å². The van der Waals surface area contributed by atoms with E-state index < -0.39 is 0 Å². The van der Waals surface area contributed by atoms with Crippen molar-refractivity contribution < 1.29 is 5.11 Å². The Hall–Kier alpha value is -1.06. The molecular weight excluding hydrogens is 188 g/mol. The van der Waals surface area contributed by atoms with Crippen molar-refractivity contribution in [3.05, 3.63) is 29.8 Å². The third-order valence-corrected chi connectivity index (χ3v) is 2.82. The molecule has 0 aromatic heterocycles. The molecule has 15 heavy (non-hydrogen) atoms. The second-order valence-electron chi connectivity index (χ2n) is 4.03. The Labute approximate surface area is 91.1 Å². The lowest BCUT2D eigenvalue weighted by atomic mass is 9.90. The zero-order chi connectivity index (χ0) is 11.3. The summed E-state index contributed by atoms with van der Waals surface area (Å²) in [5.41, 5.74) is 12.2. The van der Waals surface area contributed by atoms with E-state index >= 15 is 0 Å². The number of aromatic hydroxyl groups is 1. The van der Waals surface area contributed by atoms with Gasteiger partial charge in [0.15, 0.2) is 0 Å². The molecule has 0 aliphatic rings. The number of phenols is 1. The Morgan fingerprint density at radius 1 is 1.20 bits per heavy atom. The molecule has 0 aliphatic carbocycles. The summed E-state index contributed by atoms with van der Waals surface area (Å²) < 4.78 is 0. The first kappa shape index (κ1) is 12.0. The molecule has 3 nitrogen and oxygen atoms in total. The zero-order valence-corrected chi connectivity index (χ0v) is 9.19. The highest BCUT2D eigenvalue weighted by atomic mass is 16.3. The van der Waals surface area contributed by atoms with Crippen LogP contribution in [0.1, 0.15) is 24.8 Å². The molecule has 1 aromatic rings. The van der Waals surface area contributed by atoms with Crippen LogP contribution in [0, 0.1) is 5.92 Å². The van der Waals surface area contributed by atoms with E-state index in [-0.39, 0.29) is 0 Å². The minimum absolute atomic E-state index is 0.295. The summed E-state index contributed by atoms with van der Waals surface area (Å²) in [6.45, 7) is 3.30. The number of rotatable bonds is 5. The molecule has 1 atom stereocenters. The standard InChI is InChI=1S/C12H20N2O/c1-9(6-10(7-13)8-14)11-4-2-3-5-12(11)15/h2-5,9-10,15H,6-8,13-14H2,1H3. The van der Waals surface area contributed by atoms with Gasteiger partial charge in [-0.25, -0.2) is 0 Å². The predicted octanol–water partition coefficient (Wildman–Crippen LogP) is 1.42. The van der Waals surface area contributed by atoms with E-state index in [4.69, 9.17) is 11.5 Å². The van der Waals surface area contributed by atoms with Gasteiger partial charge >= 0.3 is 0 Å². The van der Waals surface area contributed by atoms with E-state index in [0.29, 0.717) is 30.7 Å². The summed E-state index contributed by atoms with van der Waals surface area (Å²) in [4.78, 5) is 0. The molecule has 84 valence electrons. The van der Waals surface area contributed by atoms with Gasteiger partial charge in [-0.3, -0.25) is 0 Å². The number of hydrogen-bond donors (Lipinski definition) is 3. The number of nitrogens with two attached hydrogens (primary N) is 2. The molecular formula is C12H20N2O. The van der Waals surface area contributed by atoms with Crippen molar-refractivity contribution in [1.29, 1.82) is 0 Å². The van der Waals surface area contributed by atoms with Crippen LogP contribution in [0.5, 0.6) is 5.75 Å². The third kappa shape index (κ3) is 3.22. The monoisotopic (exact) mass is 208 g/mol. The lowest BCUT2D eigenvalue weighted by molar-refractivity contribution is 0.434. The van der Waals surface area contributed by atoms with Gasteiger partial charge in [0.2, 0.25) is 0 Å². The Morgan fingerprint density at radius 2 is 1.80 bits per heavy atom. The first-order valence-corrected chi connectivity index (χ1v) is 5.37. The molecule has 1 unspecified atom stereocenters. The van der Waals surface area contributed by atoms with Crippen LogP contribution in [0.3, 0.4) is 0 Å². The van der Waals surface area contributed by atoms with Crippen LogP contribution in [0.2, 0.25) is 0 Å². The Balaban J connectivity index is 2.68. The van der Waals surface area contributed by atoms with Crippen LogP contribution < -0.4 is 11.5 Å².